The van der Waals surface area contributed by atoms with E-state index < -0.39 is 5.60 Å². The Hall–Kier alpha value is -4.61. The maximum Gasteiger partial charge on any atom is 0.261 e. The van der Waals surface area contributed by atoms with Crippen LogP contribution in [0.4, 0.5) is 5.69 Å². The van der Waals surface area contributed by atoms with Crippen LogP contribution in [0, 0.1) is 0 Å². The van der Waals surface area contributed by atoms with Gasteiger partial charge in [0.2, 0.25) is 0 Å². The van der Waals surface area contributed by atoms with Gasteiger partial charge in [0.1, 0.15) is 5.60 Å². The molecule has 0 radical (unpaired) electrons. The number of carbonyl (C=O) groups excluding carboxylic acids is 2. The van der Waals surface area contributed by atoms with E-state index >= 15 is 0 Å². The van der Waals surface area contributed by atoms with E-state index in [1.54, 1.807) is 24.3 Å². The highest BCUT2D eigenvalue weighted by Crippen LogP contribution is 2.44. The fraction of sp³-hybridized carbons (Fsp3) is 0.0938. The number of hydrogen-bond acceptors (Lipinski definition) is 4. The number of imide groups is 1. The Kier molecular flexibility index (Phi) is 4.65. The summed E-state index contributed by atoms with van der Waals surface area (Å²) < 4.78 is 0. The van der Waals surface area contributed by atoms with Gasteiger partial charge in [0, 0.05) is 24.1 Å². The van der Waals surface area contributed by atoms with E-state index in [-0.39, 0.29) is 24.8 Å². The minimum absolute atomic E-state index is 0.0733. The Labute approximate surface area is 213 Å². The lowest BCUT2D eigenvalue weighted by molar-refractivity contribution is 0.0571. The minimum atomic E-state index is -1.47. The molecule has 1 N–H and O–H groups in total. The largest absolute Gasteiger partial charge is 0.379 e. The zero-order valence-electron chi connectivity index (χ0n) is 19.9. The van der Waals surface area contributed by atoms with Gasteiger partial charge in [-0.05, 0) is 51.9 Å². The van der Waals surface area contributed by atoms with Crippen LogP contribution in [0.15, 0.2) is 108 Å². The fourth-order valence-corrected chi connectivity index (χ4v) is 5.69. The van der Waals surface area contributed by atoms with Crippen molar-refractivity contribution < 1.29 is 14.7 Å². The van der Waals surface area contributed by atoms with Crippen molar-refractivity contribution in [3.8, 4) is 0 Å². The third-order valence-electron chi connectivity index (χ3n) is 7.55. The van der Waals surface area contributed by atoms with Crippen LogP contribution in [-0.4, -0.2) is 34.1 Å². The van der Waals surface area contributed by atoms with Gasteiger partial charge >= 0.3 is 0 Å². The molecule has 0 aromatic heterocycles. The van der Waals surface area contributed by atoms with Crippen molar-refractivity contribution in [1.82, 2.24) is 4.90 Å². The number of carbonyl (C=O) groups is 2. The third kappa shape index (κ3) is 3.18. The lowest BCUT2D eigenvalue weighted by Crippen LogP contribution is -2.40. The molecule has 37 heavy (non-hydrogen) atoms. The Morgan fingerprint density at radius 2 is 1.27 bits per heavy atom. The highest BCUT2D eigenvalue weighted by Gasteiger charge is 2.44. The first-order valence-electron chi connectivity index (χ1n) is 12.3. The molecule has 0 bridgehead atoms. The average molecular weight is 483 g/mol. The second-order valence-electron chi connectivity index (χ2n) is 9.62. The quantitative estimate of drug-likeness (QED) is 0.252. The normalized spacial score (nSPS) is 18.4. The molecular formula is C32H22N2O3. The number of nitrogens with zero attached hydrogens (tertiary/aromatic N) is 2. The number of fused-ring (bicyclic) bond motifs is 4. The van der Waals surface area contributed by atoms with Crippen LogP contribution >= 0.6 is 0 Å². The van der Waals surface area contributed by atoms with Crippen molar-refractivity contribution in [2.75, 3.05) is 6.54 Å². The lowest BCUT2D eigenvalue weighted by Gasteiger charge is -2.29. The number of aliphatic hydroxyl groups is 1. The van der Waals surface area contributed by atoms with Gasteiger partial charge < -0.3 is 5.11 Å². The van der Waals surface area contributed by atoms with Gasteiger partial charge in [-0.3, -0.25) is 14.5 Å². The first-order chi connectivity index (χ1) is 18.0. The number of hydrogen-bond donors (Lipinski definition) is 1. The highest BCUT2D eigenvalue weighted by atomic mass is 16.3. The maximum absolute atomic E-state index is 13.0. The molecule has 0 unspecified atom stereocenters. The summed E-state index contributed by atoms with van der Waals surface area (Å²) in [7, 11) is 0. The number of amides is 2. The standard InChI is InChI=1S/C32H22N2O3/c35-30-24-11-3-4-12-25(24)31(36)34(30)17-16-32(37)27-14-5-6-15-28(27)33-29(32)23-13-7-10-22-18-20-8-1-2-9-21(20)19-26(22)23/h1-15,18-19,37H,16-17H2/t32-/m1/s1. The van der Waals surface area contributed by atoms with Crippen LogP contribution < -0.4 is 0 Å². The van der Waals surface area contributed by atoms with Crippen molar-refractivity contribution in [2.24, 2.45) is 4.99 Å². The molecule has 5 heteroatoms. The Balaban J connectivity index is 1.32. The Morgan fingerprint density at radius 3 is 2.03 bits per heavy atom. The Bertz CT molecular complexity index is 1770. The van der Waals surface area contributed by atoms with Crippen LogP contribution in [0.25, 0.3) is 21.5 Å². The molecular weight excluding hydrogens is 460 g/mol. The summed E-state index contributed by atoms with van der Waals surface area (Å²) in [5, 5.41) is 16.6. The zero-order valence-corrected chi connectivity index (χ0v) is 19.9. The molecule has 0 fully saturated rings. The van der Waals surface area contributed by atoms with Gasteiger partial charge in [-0.15, -0.1) is 0 Å². The summed E-state index contributed by atoms with van der Waals surface area (Å²) in [5.41, 5.74) is 2.09. The predicted molar refractivity (Wildman–Crippen MR) is 144 cm³/mol. The van der Waals surface area contributed by atoms with E-state index in [1.807, 2.05) is 48.5 Å². The number of benzene rings is 5. The van der Waals surface area contributed by atoms with Crippen molar-refractivity contribution >= 4 is 44.8 Å². The maximum atomic E-state index is 13.0. The predicted octanol–water partition coefficient (Wildman–Crippen LogP) is 6.00. The monoisotopic (exact) mass is 482 g/mol. The number of para-hydroxylation sites is 1. The van der Waals surface area contributed by atoms with Crippen molar-refractivity contribution in [2.45, 2.75) is 12.0 Å². The molecule has 2 heterocycles. The average Bonchev–Trinajstić information content (AvgIpc) is 3.36. The van der Waals surface area contributed by atoms with Crippen LogP contribution in [0.1, 0.15) is 38.3 Å². The molecule has 2 amide bonds. The molecule has 5 aromatic rings. The van der Waals surface area contributed by atoms with Crippen molar-refractivity contribution in [3.05, 3.63) is 125 Å². The number of aliphatic imine (C=N–C) groups is 1. The highest BCUT2D eigenvalue weighted by molar-refractivity contribution is 6.22. The molecule has 0 saturated carbocycles. The van der Waals surface area contributed by atoms with E-state index in [0.29, 0.717) is 28.1 Å². The molecule has 0 spiro atoms. The summed E-state index contributed by atoms with van der Waals surface area (Å²) in [6, 6.07) is 32.9. The molecule has 1 atom stereocenters. The lowest BCUT2D eigenvalue weighted by atomic mass is 9.82. The van der Waals surface area contributed by atoms with E-state index in [2.05, 4.69) is 30.3 Å². The minimum Gasteiger partial charge on any atom is -0.379 e. The molecule has 2 aliphatic rings. The van der Waals surface area contributed by atoms with Gasteiger partial charge in [-0.1, -0.05) is 72.8 Å². The SMILES string of the molecule is O=C1c2ccccc2C(=O)N1CC[C@]1(O)C(c2cccc3cc4ccccc4cc23)=Nc2ccccc21. The van der Waals surface area contributed by atoms with Crippen molar-refractivity contribution in [3.63, 3.8) is 0 Å². The smallest absolute Gasteiger partial charge is 0.261 e. The summed E-state index contributed by atoms with van der Waals surface area (Å²) in [6.07, 6.45) is 0.137. The zero-order chi connectivity index (χ0) is 25.1. The summed E-state index contributed by atoms with van der Waals surface area (Å²) in [4.78, 5) is 32.2. The number of rotatable bonds is 4. The van der Waals surface area contributed by atoms with Gasteiger partial charge in [0.15, 0.2) is 0 Å². The first-order valence-corrected chi connectivity index (χ1v) is 12.3. The van der Waals surface area contributed by atoms with E-state index in [9.17, 15) is 14.7 Å². The second kappa shape index (κ2) is 7.95. The molecule has 2 aliphatic heterocycles. The van der Waals surface area contributed by atoms with Gasteiger partial charge in [-0.25, -0.2) is 4.99 Å². The third-order valence-corrected chi connectivity index (χ3v) is 7.55. The van der Waals surface area contributed by atoms with Crippen LogP contribution in [0.5, 0.6) is 0 Å². The summed E-state index contributed by atoms with van der Waals surface area (Å²) in [5.74, 6) is -0.656. The van der Waals surface area contributed by atoms with Crippen LogP contribution in [0.3, 0.4) is 0 Å². The van der Waals surface area contributed by atoms with E-state index in [4.69, 9.17) is 4.99 Å². The van der Waals surface area contributed by atoms with Crippen molar-refractivity contribution in [1.29, 1.82) is 0 Å². The van der Waals surface area contributed by atoms with Crippen LogP contribution in [0.2, 0.25) is 0 Å². The van der Waals surface area contributed by atoms with E-state index in [1.165, 1.54) is 4.90 Å². The topological polar surface area (TPSA) is 70.0 Å². The second-order valence-corrected chi connectivity index (χ2v) is 9.62. The molecule has 5 nitrogen and oxygen atoms in total. The van der Waals surface area contributed by atoms with Gasteiger partial charge in [-0.2, -0.15) is 0 Å². The van der Waals surface area contributed by atoms with Gasteiger partial charge in [0.25, 0.3) is 11.8 Å². The van der Waals surface area contributed by atoms with Crippen LogP contribution in [-0.2, 0) is 5.60 Å². The molecule has 0 saturated heterocycles. The first kappa shape index (κ1) is 21.7. The fourth-order valence-electron chi connectivity index (χ4n) is 5.69. The summed E-state index contributed by atoms with van der Waals surface area (Å²) in [6.45, 7) is 0.0733. The van der Waals surface area contributed by atoms with E-state index in [0.717, 1.165) is 27.1 Å². The molecule has 7 rings (SSSR count). The molecule has 178 valence electrons. The summed E-state index contributed by atoms with van der Waals surface area (Å²) >= 11 is 0. The molecule has 5 aromatic carbocycles. The van der Waals surface area contributed by atoms with Gasteiger partial charge in [0.05, 0.1) is 22.5 Å². The Morgan fingerprint density at radius 1 is 0.676 bits per heavy atom. The molecule has 0 aliphatic carbocycles.